The number of rotatable bonds is 6. The van der Waals surface area contributed by atoms with Gasteiger partial charge in [0.05, 0.1) is 5.52 Å². The van der Waals surface area contributed by atoms with E-state index in [4.69, 9.17) is 0 Å². The number of hydrogen-bond acceptors (Lipinski definition) is 6. The zero-order valence-electron chi connectivity index (χ0n) is 16.0. The van der Waals surface area contributed by atoms with E-state index in [0.29, 0.717) is 18.1 Å². The van der Waals surface area contributed by atoms with Crippen molar-refractivity contribution in [3.63, 3.8) is 0 Å². The molecule has 3 aromatic rings. The second-order valence-corrected chi connectivity index (χ2v) is 7.28. The maximum Gasteiger partial charge on any atom is 0.228 e. The molecule has 4 rings (SSSR count). The van der Waals surface area contributed by atoms with Crippen molar-refractivity contribution in [2.45, 2.75) is 45.6 Å². The van der Waals surface area contributed by atoms with E-state index in [9.17, 15) is 9.90 Å². The molecule has 0 saturated heterocycles. The lowest BCUT2D eigenvalue weighted by atomic mass is 10.1. The SMILES string of the molecule is CCC[C@@H](O)c1ncc(-c2cnc3cc(NC(=O)C4CC4)ncc3c2)c(C)n1. The normalized spacial score (nSPS) is 14.8. The molecule has 0 unspecified atom stereocenters. The summed E-state index contributed by atoms with van der Waals surface area (Å²) in [5.41, 5.74) is 3.31. The first-order chi connectivity index (χ1) is 13.5. The van der Waals surface area contributed by atoms with Crippen LogP contribution in [-0.2, 0) is 4.79 Å². The van der Waals surface area contributed by atoms with Crippen LogP contribution in [0.1, 0.15) is 50.2 Å². The highest BCUT2D eigenvalue weighted by Gasteiger charge is 2.29. The van der Waals surface area contributed by atoms with Crippen molar-refractivity contribution in [3.05, 3.63) is 42.2 Å². The van der Waals surface area contributed by atoms with Crippen molar-refractivity contribution in [2.75, 3.05) is 5.32 Å². The molecule has 0 aromatic carbocycles. The van der Waals surface area contributed by atoms with Gasteiger partial charge in [0.1, 0.15) is 11.9 Å². The van der Waals surface area contributed by atoms with Crippen molar-refractivity contribution in [3.8, 4) is 11.1 Å². The average Bonchev–Trinajstić information content (AvgIpc) is 3.53. The van der Waals surface area contributed by atoms with Gasteiger partial charge in [0.2, 0.25) is 5.91 Å². The molecule has 1 aliphatic rings. The summed E-state index contributed by atoms with van der Waals surface area (Å²) in [6, 6.07) is 3.77. The number of aliphatic hydroxyl groups excluding tert-OH is 1. The molecule has 1 aliphatic carbocycles. The number of anilines is 1. The van der Waals surface area contributed by atoms with Gasteiger partial charge in [-0.05, 0) is 32.3 Å². The number of nitrogens with zero attached hydrogens (tertiary/aromatic N) is 4. The first kappa shape index (κ1) is 18.4. The zero-order chi connectivity index (χ0) is 19.7. The molecule has 3 aromatic heterocycles. The first-order valence-corrected chi connectivity index (χ1v) is 9.63. The number of aryl methyl sites for hydroxylation is 1. The molecule has 0 spiro atoms. The predicted octanol–water partition coefficient (Wildman–Crippen LogP) is 3.58. The molecule has 2 N–H and O–H groups in total. The van der Waals surface area contributed by atoms with E-state index in [1.807, 2.05) is 19.9 Å². The quantitative estimate of drug-likeness (QED) is 0.681. The minimum atomic E-state index is -0.638. The fraction of sp³-hybridized carbons (Fsp3) is 0.381. The minimum absolute atomic E-state index is 0.0293. The number of amides is 1. The highest BCUT2D eigenvalue weighted by molar-refractivity contribution is 5.95. The number of nitrogens with one attached hydrogen (secondary N) is 1. The van der Waals surface area contributed by atoms with Crippen LogP contribution >= 0.6 is 0 Å². The van der Waals surface area contributed by atoms with Crippen LogP contribution in [0.25, 0.3) is 22.0 Å². The number of carbonyl (C=O) groups is 1. The summed E-state index contributed by atoms with van der Waals surface area (Å²) in [4.78, 5) is 29.6. The second-order valence-electron chi connectivity index (χ2n) is 7.28. The summed E-state index contributed by atoms with van der Waals surface area (Å²) in [5.74, 6) is 1.14. The van der Waals surface area contributed by atoms with Gasteiger partial charge in [0, 0.05) is 52.8 Å². The zero-order valence-corrected chi connectivity index (χ0v) is 16.0. The van der Waals surface area contributed by atoms with Crippen LogP contribution in [0, 0.1) is 12.8 Å². The van der Waals surface area contributed by atoms with Gasteiger partial charge in [-0.1, -0.05) is 13.3 Å². The smallest absolute Gasteiger partial charge is 0.228 e. The Balaban J connectivity index is 1.59. The summed E-state index contributed by atoms with van der Waals surface area (Å²) in [5, 5.41) is 13.8. The molecular formula is C21H23N5O2. The Labute approximate surface area is 163 Å². The monoisotopic (exact) mass is 377 g/mol. The largest absolute Gasteiger partial charge is 0.385 e. The van der Waals surface area contributed by atoms with E-state index >= 15 is 0 Å². The molecule has 0 aliphatic heterocycles. The maximum absolute atomic E-state index is 11.9. The van der Waals surface area contributed by atoms with Gasteiger partial charge in [0.15, 0.2) is 5.82 Å². The summed E-state index contributed by atoms with van der Waals surface area (Å²) < 4.78 is 0. The minimum Gasteiger partial charge on any atom is -0.385 e. The van der Waals surface area contributed by atoms with Crippen molar-refractivity contribution in [1.82, 2.24) is 19.9 Å². The van der Waals surface area contributed by atoms with Gasteiger partial charge < -0.3 is 10.4 Å². The maximum atomic E-state index is 11.9. The molecule has 1 fully saturated rings. The molecule has 1 saturated carbocycles. The Morgan fingerprint density at radius 1 is 1.21 bits per heavy atom. The van der Waals surface area contributed by atoms with Gasteiger partial charge in [-0.25, -0.2) is 15.0 Å². The van der Waals surface area contributed by atoms with E-state index in [-0.39, 0.29) is 11.8 Å². The van der Waals surface area contributed by atoms with E-state index in [1.165, 1.54) is 0 Å². The van der Waals surface area contributed by atoms with Crippen LogP contribution in [0.15, 0.2) is 30.7 Å². The van der Waals surface area contributed by atoms with Crippen LogP contribution in [0.2, 0.25) is 0 Å². The summed E-state index contributed by atoms with van der Waals surface area (Å²) >= 11 is 0. The van der Waals surface area contributed by atoms with Crippen LogP contribution < -0.4 is 5.32 Å². The lowest BCUT2D eigenvalue weighted by Gasteiger charge is -2.11. The number of aromatic nitrogens is 4. The van der Waals surface area contributed by atoms with Gasteiger partial charge in [-0.2, -0.15) is 0 Å². The Hall–Kier alpha value is -2.93. The van der Waals surface area contributed by atoms with Gasteiger partial charge in [-0.15, -0.1) is 0 Å². The van der Waals surface area contributed by atoms with E-state index in [0.717, 1.165) is 47.0 Å². The highest BCUT2D eigenvalue weighted by Crippen LogP contribution is 2.30. The predicted molar refractivity (Wildman–Crippen MR) is 107 cm³/mol. The average molecular weight is 377 g/mol. The summed E-state index contributed by atoms with van der Waals surface area (Å²) in [6.07, 6.45) is 8.00. The summed E-state index contributed by atoms with van der Waals surface area (Å²) in [6.45, 7) is 3.92. The molecule has 0 bridgehead atoms. The van der Waals surface area contributed by atoms with Crippen molar-refractivity contribution in [1.29, 1.82) is 0 Å². The van der Waals surface area contributed by atoms with Gasteiger partial charge in [0.25, 0.3) is 0 Å². The molecule has 144 valence electrons. The topological polar surface area (TPSA) is 101 Å². The number of pyridine rings is 2. The Kier molecular flexibility index (Phi) is 5.00. The molecule has 28 heavy (non-hydrogen) atoms. The van der Waals surface area contributed by atoms with Crippen molar-refractivity contribution >= 4 is 22.6 Å². The Morgan fingerprint density at radius 2 is 2.04 bits per heavy atom. The lowest BCUT2D eigenvalue weighted by molar-refractivity contribution is -0.117. The first-order valence-electron chi connectivity index (χ1n) is 9.63. The van der Waals surface area contributed by atoms with E-state index in [2.05, 4.69) is 25.3 Å². The Bertz CT molecular complexity index is 1030. The standard InChI is InChI=1S/C21H23N5O2/c1-3-4-18(27)20-24-11-16(12(2)25-20)14-7-15-10-23-19(8-17(15)22-9-14)26-21(28)13-5-6-13/h7-11,13,18,27H,3-6H2,1-2H3,(H,23,26,28)/t18-/m1/s1. The molecule has 3 heterocycles. The van der Waals surface area contributed by atoms with Crippen LogP contribution in [0.4, 0.5) is 5.82 Å². The third-order valence-corrected chi connectivity index (χ3v) is 4.93. The van der Waals surface area contributed by atoms with Crippen LogP contribution in [0.5, 0.6) is 0 Å². The van der Waals surface area contributed by atoms with Crippen LogP contribution in [-0.4, -0.2) is 30.9 Å². The fourth-order valence-corrected chi connectivity index (χ4v) is 3.14. The van der Waals surface area contributed by atoms with E-state index < -0.39 is 6.10 Å². The Morgan fingerprint density at radius 3 is 2.75 bits per heavy atom. The van der Waals surface area contributed by atoms with Gasteiger partial charge in [-0.3, -0.25) is 9.78 Å². The van der Waals surface area contributed by atoms with E-state index in [1.54, 1.807) is 24.7 Å². The number of fused-ring (bicyclic) bond motifs is 1. The lowest BCUT2D eigenvalue weighted by Crippen LogP contribution is -2.14. The van der Waals surface area contributed by atoms with Crippen molar-refractivity contribution < 1.29 is 9.90 Å². The number of aliphatic hydroxyl groups is 1. The highest BCUT2D eigenvalue weighted by atomic mass is 16.3. The molecule has 7 nitrogen and oxygen atoms in total. The molecule has 1 amide bonds. The third kappa shape index (κ3) is 3.84. The fourth-order valence-electron chi connectivity index (χ4n) is 3.14. The molecule has 0 radical (unpaired) electrons. The summed E-state index contributed by atoms with van der Waals surface area (Å²) in [7, 11) is 0. The number of carbonyl (C=O) groups excluding carboxylic acids is 1. The molecule has 1 atom stereocenters. The number of hydrogen-bond donors (Lipinski definition) is 2. The molecule has 7 heteroatoms. The second kappa shape index (κ2) is 7.59. The van der Waals surface area contributed by atoms with Crippen molar-refractivity contribution in [2.24, 2.45) is 5.92 Å². The van der Waals surface area contributed by atoms with Gasteiger partial charge >= 0.3 is 0 Å². The third-order valence-electron chi connectivity index (χ3n) is 4.93. The molecular weight excluding hydrogens is 354 g/mol. The van der Waals surface area contributed by atoms with Crippen LogP contribution in [0.3, 0.4) is 0 Å².